The molecule has 1 aromatic heterocycles. The maximum Gasteiger partial charge on any atom is 0.319 e. The third kappa shape index (κ3) is 4.42. The number of hydrogen-bond acceptors (Lipinski definition) is 5. The Morgan fingerprint density at radius 3 is 2.82 bits per heavy atom. The van der Waals surface area contributed by atoms with Crippen LogP contribution in [0.5, 0.6) is 0 Å². The van der Waals surface area contributed by atoms with Crippen LogP contribution in [0.4, 0.5) is 10.5 Å². The van der Waals surface area contributed by atoms with Crippen molar-refractivity contribution in [1.82, 2.24) is 20.4 Å². The Balaban J connectivity index is 1.19. The second-order valence-corrected chi connectivity index (χ2v) is 8.26. The number of amides is 2. The van der Waals surface area contributed by atoms with Gasteiger partial charge in [0.1, 0.15) is 0 Å². The minimum atomic E-state index is -0.257. The van der Waals surface area contributed by atoms with Crippen LogP contribution in [-0.2, 0) is 4.74 Å². The average Bonchev–Trinajstić information content (AvgIpc) is 3.49. The van der Waals surface area contributed by atoms with Crippen LogP contribution in [0.2, 0.25) is 0 Å². The lowest BCUT2D eigenvalue weighted by molar-refractivity contribution is -0.0383. The van der Waals surface area contributed by atoms with Crippen molar-refractivity contribution >= 4 is 17.4 Å². The second-order valence-electron chi connectivity index (χ2n) is 8.26. The Labute approximate surface area is 192 Å². The normalized spacial score (nSPS) is 20.8. The molecule has 0 aliphatic carbocycles. The molecule has 2 aliphatic rings. The van der Waals surface area contributed by atoms with Gasteiger partial charge in [-0.15, -0.1) is 0 Å². The van der Waals surface area contributed by atoms with Crippen LogP contribution in [-0.4, -0.2) is 29.0 Å². The van der Waals surface area contributed by atoms with E-state index in [1.54, 1.807) is 12.4 Å². The highest BCUT2D eigenvalue weighted by Crippen LogP contribution is 2.31. The molecule has 3 heterocycles. The molecule has 170 valence electrons. The zero-order valence-electron chi connectivity index (χ0n) is 18.3. The fourth-order valence-corrected chi connectivity index (χ4v) is 4.47. The van der Waals surface area contributed by atoms with Gasteiger partial charge in [-0.05, 0) is 43.0 Å². The van der Waals surface area contributed by atoms with Crippen molar-refractivity contribution in [1.29, 1.82) is 0 Å². The third-order valence-corrected chi connectivity index (χ3v) is 6.13. The summed E-state index contributed by atoms with van der Waals surface area (Å²) in [6.45, 7) is 1.21. The van der Waals surface area contributed by atoms with Crippen molar-refractivity contribution in [3.8, 4) is 11.3 Å². The zero-order valence-corrected chi connectivity index (χ0v) is 18.3. The number of carbonyl (C=O) groups is 1. The molecule has 3 aromatic rings. The molecular weight excluding hydrogens is 416 g/mol. The first-order valence-electron chi connectivity index (χ1n) is 11.3. The quantitative estimate of drug-likeness (QED) is 0.476. The van der Waals surface area contributed by atoms with E-state index >= 15 is 0 Å². The first kappa shape index (κ1) is 21.1. The van der Waals surface area contributed by atoms with E-state index in [4.69, 9.17) is 10.5 Å². The molecule has 33 heavy (non-hydrogen) atoms. The lowest BCUT2D eigenvalue weighted by atomic mass is 10.0. The molecule has 0 radical (unpaired) electrons. The molecule has 0 spiro atoms. The van der Waals surface area contributed by atoms with E-state index in [1.165, 1.54) is 0 Å². The van der Waals surface area contributed by atoms with Crippen LogP contribution in [0.15, 0.2) is 67.0 Å². The van der Waals surface area contributed by atoms with Crippen molar-refractivity contribution in [3.05, 3.63) is 78.1 Å². The second kappa shape index (κ2) is 9.38. The van der Waals surface area contributed by atoms with Gasteiger partial charge in [-0.25, -0.2) is 9.48 Å². The molecule has 8 nitrogen and oxygen atoms in total. The highest BCUT2D eigenvalue weighted by molar-refractivity contribution is 5.89. The number of aromatic nitrogens is 2. The van der Waals surface area contributed by atoms with E-state index < -0.39 is 0 Å². The summed E-state index contributed by atoms with van der Waals surface area (Å²) in [6, 6.07) is 17.5. The molecule has 2 aliphatic heterocycles. The lowest BCUT2D eigenvalue weighted by Crippen LogP contribution is -2.34. The van der Waals surface area contributed by atoms with Gasteiger partial charge in [-0.1, -0.05) is 36.4 Å². The van der Waals surface area contributed by atoms with Crippen LogP contribution in [0.3, 0.4) is 0 Å². The maximum atomic E-state index is 12.5. The number of urea groups is 1. The number of ether oxygens (including phenoxy) is 1. The SMILES string of the molecule is N/C=C1\NC(CNC(=O)Nc2ccc(-c3ccnn3C3CCCCO3)cc2)c2ccccc21. The number of nitrogens with one attached hydrogen (secondary N) is 3. The first-order valence-corrected chi connectivity index (χ1v) is 11.3. The van der Waals surface area contributed by atoms with Gasteiger partial charge in [0.25, 0.3) is 0 Å². The highest BCUT2D eigenvalue weighted by atomic mass is 16.5. The summed E-state index contributed by atoms with van der Waals surface area (Å²) in [5.41, 5.74) is 11.6. The van der Waals surface area contributed by atoms with Crippen molar-refractivity contribution in [2.24, 2.45) is 5.73 Å². The largest absolute Gasteiger partial charge is 0.403 e. The number of nitrogens with zero attached hydrogens (tertiary/aromatic N) is 2. The summed E-state index contributed by atoms with van der Waals surface area (Å²) in [6.07, 6.45) is 6.56. The standard InChI is InChI=1S/C25H28N6O2/c26-15-21-19-5-1-2-6-20(19)22(30-21)16-27-25(32)29-18-10-8-17(9-11-18)23-12-13-28-31(23)24-7-3-4-14-33-24/h1-2,5-6,8-13,15,22,24,30H,3-4,7,14,16,26H2,(H2,27,29,32)/b21-15-. The number of hydrogen-bond donors (Lipinski definition) is 4. The number of anilines is 1. The van der Waals surface area contributed by atoms with E-state index in [9.17, 15) is 4.79 Å². The topological polar surface area (TPSA) is 106 Å². The summed E-state index contributed by atoms with van der Waals surface area (Å²) < 4.78 is 7.83. The minimum absolute atomic E-state index is 0.0173. The van der Waals surface area contributed by atoms with E-state index in [0.717, 1.165) is 59.6 Å². The smallest absolute Gasteiger partial charge is 0.319 e. The molecule has 2 aromatic carbocycles. The average molecular weight is 445 g/mol. The molecule has 5 rings (SSSR count). The molecule has 1 saturated heterocycles. The number of carbonyl (C=O) groups excluding carboxylic acids is 1. The van der Waals surface area contributed by atoms with Gasteiger partial charge in [0.05, 0.1) is 17.4 Å². The summed E-state index contributed by atoms with van der Waals surface area (Å²) in [7, 11) is 0. The number of fused-ring (bicyclic) bond motifs is 1. The van der Waals surface area contributed by atoms with Crippen LogP contribution in [0, 0.1) is 0 Å². The predicted octanol–water partition coefficient (Wildman–Crippen LogP) is 3.97. The fraction of sp³-hybridized carbons (Fsp3) is 0.280. The monoisotopic (exact) mass is 444 g/mol. The van der Waals surface area contributed by atoms with Crippen LogP contribution in [0.1, 0.15) is 42.7 Å². The fourth-order valence-electron chi connectivity index (χ4n) is 4.47. The molecule has 8 heteroatoms. The van der Waals surface area contributed by atoms with Crippen LogP contribution < -0.4 is 21.7 Å². The van der Waals surface area contributed by atoms with Crippen molar-refractivity contribution < 1.29 is 9.53 Å². The summed E-state index contributed by atoms with van der Waals surface area (Å²) in [4.78, 5) is 12.5. The minimum Gasteiger partial charge on any atom is -0.403 e. The van der Waals surface area contributed by atoms with Crippen molar-refractivity contribution in [2.45, 2.75) is 31.5 Å². The van der Waals surface area contributed by atoms with Crippen molar-refractivity contribution in [3.63, 3.8) is 0 Å². The van der Waals surface area contributed by atoms with Crippen LogP contribution >= 0.6 is 0 Å². The number of benzene rings is 2. The zero-order chi connectivity index (χ0) is 22.6. The highest BCUT2D eigenvalue weighted by Gasteiger charge is 2.25. The van der Waals surface area contributed by atoms with Gasteiger partial charge in [-0.2, -0.15) is 5.10 Å². The molecule has 2 amide bonds. The van der Waals surface area contributed by atoms with Crippen molar-refractivity contribution in [2.75, 3.05) is 18.5 Å². The van der Waals surface area contributed by atoms with Gasteiger partial charge in [-0.3, -0.25) is 0 Å². The van der Waals surface area contributed by atoms with E-state index in [0.29, 0.717) is 6.54 Å². The van der Waals surface area contributed by atoms with Gasteiger partial charge >= 0.3 is 6.03 Å². The third-order valence-electron chi connectivity index (χ3n) is 6.13. The van der Waals surface area contributed by atoms with E-state index in [2.05, 4.69) is 21.0 Å². The predicted molar refractivity (Wildman–Crippen MR) is 128 cm³/mol. The Morgan fingerprint density at radius 1 is 1.18 bits per heavy atom. The van der Waals surface area contributed by atoms with Gasteiger partial charge in [0.15, 0.2) is 6.23 Å². The summed E-state index contributed by atoms with van der Waals surface area (Å²) in [5.74, 6) is 0. The Bertz CT molecular complexity index is 1150. The molecule has 2 atom stereocenters. The molecule has 1 fully saturated rings. The maximum absolute atomic E-state index is 12.5. The lowest BCUT2D eigenvalue weighted by Gasteiger charge is -2.24. The van der Waals surface area contributed by atoms with E-state index in [1.807, 2.05) is 59.3 Å². The van der Waals surface area contributed by atoms with Gasteiger partial charge in [0, 0.05) is 42.4 Å². The molecule has 2 unspecified atom stereocenters. The number of rotatable bonds is 5. The van der Waals surface area contributed by atoms with Gasteiger partial charge in [0.2, 0.25) is 0 Å². The van der Waals surface area contributed by atoms with Crippen LogP contribution in [0.25, 0.3) is 17.0 Å². The molecule has 5 N–H and O–H groups in total. The van der Waals surface area contributed by atoms with E-state index in [-0.39, 0.29) is 18.3 Å². The summed E-state index contributed by atoms with van der Waals surface area (Å²) >= 11 is 0. The Kier molecular flexibility index (Phi) is 5.99. The molecule has 0 saturated carbocycles. The van der Waals surface area contributed by atoms with Gasteiger partial charge < -0.3 is 26.4 Å². The summed E-state index contributed by atoms with van der Waals surface area (Å²) in [5, 5.41) is 13.7. The Morgan fingerprint density at radius 2 is 2.03 bits per heavy atom. The first-order chi connectivity index (χ1) is 16.2. The molecule has 0 bridgehead atoms. The molecular formula is C25H28N6O2. The Hall–Kier alpha value is -3.78. The number of nitrogens with two attached hydrogens (primary N) is 1.